The molecule has 1 saturated heterocycles. The second-order valence-electron chi connectivity index (χ2n) is 11.5. The number of para-hydroxylation sites is 1. The number of carbonyl (C=O) groups is 2. The summed E-state index contributed by atoms with van der Waals surface area (Å²) in [5.74, 6) is 1.05. The summed E-state index contributed by atoms with van der Waals surface area (Å²) >= 11 is 0. The Morgan fingerprint density at radius 2 is 1.52 bits per heavy atom. The molecule has 0 radical (unpaired) electrons. The first kappa shape index (κ1) is 32.2. The van der Waals surface area contributed by atoms with E-state index in [0.717, 1.165) is 11.1 Å². The van der Waals surface area contributed by atoms with Crippen molar-refractivity contribution in [3.63, 3.8) is 0 Å². The van der Waals surface area contributed by atoms with E-state index in [9.17, 15) is 9.59 Å². The van der Waals surface area contributed by atoms with Gasteiger partial charge >= 0.3 is 0 Å². The number of rotatable bonds is 13. The number of hydrogen-bond donors (Lipinski definition) is 5. The maximum absolute atomic E-state index is 14.0. The monoisotopic (exact) mass is 618 g/mol. The van der Waals surface area contributed by atoms with Gasteiger partial charge in [-0.2, -0.15) is 0 Å². The molecule has 1 aliphatic rings. The van der Waals surface area contributed by atoms with Crippen LogP contribution in [0, 0.1) is 5.41 Å². The molecule has 2 amide bonds. The molecule has 0 saturated carbocycles. The van der Waals surface area contributed by atoms with Crippen molar-refractivity contribution >= 4 is 17.8 Å². The molecule has 9 heteroatoms. The first-order chi connectivity index (χ1) is 22.5. The van der Waals surface area contributed by atoms with E-state index in [1.54, 1.807) is 18.2 Å². The Labute approximate surface area is 270 Å². The van der Waals surface area contributed by atoms with E-state index in [4.69, 9.17) is 15.9 Å². The molecule has 0 unspecified atom stereocenters. The molecule has 1 heterocycles. The van der Waals surface area contributed by atoms with Crippen LogP contribution in [0.3, 0.4) is 0 Å². The van der Waals surface area contributed by atoms with Gasteiger partial charge in [-0.1, -0.05) is 84.9 Å². The second-order valence-corrected chi connectivity index (χ2v) is 11.5. The summed E-state index contributed by atoms with van der Waals surface area (Å²) in [4.78, 5) is 29.2. The van der Waals surface area contributed by atoms with Crippen LogP contribution in [0.1, 0.15) is 46.7 Å². The summed E-state index contributed by atoms with van der Waals surface area (Å²) in [6.07, 6.45) is 1.91. The van der Waals surface area contributed by atoms with Crippen molar-refractivity contribution in [2.75, 3.05) is 26.2 Å². The van der Waals surface area contributed by atoms with Crippen molar-refractivity contribution in [2.24, 2.45) is 5.73 Å². The van der Waals surface area contributed by atoms with Gasteiger partial charge in [0.05, 0.1) is 6.04 Å². The van der Waals surface area contributed by atoms with Crippen LogP contribution in [0.25, 0.3) is 0 Å². The fourth-order valence-corrected chi connectivity index (χ4v) is 5.80. The molecule has 9 nitrogen and oxygen atoms in total. The smallest absolute Gasteiger partial charge is 0.251 e. The Morgan fingerprint density at radius 3 is 2.17 bits per heavy atom. The van der Waals surface area contributed by atoms with Crippen LogP contribution in [0.15, 0.2) is 115 Å². The summed E-state index contributed by atoms with van der Waals surface area (Å²) in [6, 6.07) is 36.6. The maximum atomic E-state index is 14.0. The highest BCUT2D eigenvalue weighted by atomic mass is 16.5. The Hall–Kier alpha value is -5.15. The number of guanidine groups is 1. The zero-order chi connectivity index (χ0) is 32.1. The van der Waals surface area contributed by atoms with Crippen LogP contribution >= 0.6 is 0 Å². The van der Waals surface area contributed by atoms with E-state index >= 15 is 0 Å². The minimum atomic E-state index is -0.437. The zero-order valence-corrected chi connectivity index (χ0v) is 25.9. The molecular weight excluding hydrogens is 576 g/mol. The highest BCUT2D eigenvalue weighted by Crippen LogP contribution is 2.27. The predicted molar refractivity (Wildman–Crippen MR) is 181 cm³/mol. The summed E-state index contributed by atoms with van der Waals surface area (Å²) in [7, 11) is 0. The minimum Gasteiger partial charge on any atom is -0.457 e. The first-order valence-electron chi connectivity index (χ1n) is 15.8. The van der Waals surface area contributed by atoms with Gasteiger partial charge in [0.2, 0.25) is 5.91 Å². The number of ether oxygens (including phenoxy) is 1. The van der Waals surface area contributed by atoms with Crippen molar-refractivity contribution < 1.29 is 14.3 Å². The third-order valence-electron chi connectivity index (χ3n) is 8.17. The largest absolute Gasteiger partial charge is 0.457 e. The molecule has 0 aromatic heterocycles. The topological polar surface area (TPSA) is 133 Å². The van der Waals surface area contributed by atoms with Crippen molar-refractivity contribution in [3.05, 3.63) is 132 Å². The number of carbonyl (C=O) groups excluding carboxylic acids is 2. The minimum absolute atomic E-state index is 0.0213. The fraction of sp³-hybridized carbons (Fsp3) is 0.270. The van der Waals surface area contributed by atoms with Crippen molar-refractivity contribution in [3.8, 4) is 11.5 Å². The second kappa shape index (κ2) is 16.2. The van der Waals surface area contributed by atoms with Gasteiger partial charge < -0.3 is 31.3 Å². The molecule has 2 atom stereocenters. The Balaban J connectivity index is 1.28. The lowest BCUT2D eigenvalue weighted by Crippen LogP contribution is -2.49. The van der Waals surface area contributed by atoms with E-state index in [2.05, 4.69) is 40.2 Å². The molecule has 6 N–H and O–H groups in total. The average Bonchev–Trinajstić information content (AvgIpc) is 3.23. The van der Waals surface area contributed by atoms with E-state index in [-0.39, 0.29) is 29.7 Å². The van der Waals surface area contributed by atoms with Gasteiger partial charge in [0, 0.05) is 43.7 Å². The third kappa shape index (κ3) is 9.18. The van der Waals surface area contributed by atoms with Crippen LogP contribution in [0.4, 0.5) is 0 Å². The SMILES string of the molecule is N=C(N)NCCC[C@@H]1N[C@H](CNC(=O)c2cccc(Oc3ccccc3)c2)CCN(CC(c2ccccc2)c2ccccc2)C1=O. The van der Waals surface area contributed by atoms with E-state index in [0.29, 0.717) is 62.5 Å². The number of nitrogens with two attached hydrogens (primary N) is 1. The summed E-state index contributed by atoms with van der Waals surface area (Å²) in [6.45, 7) is 1.97. The van der Waals surface area contributed by atoms with Gasteiger partial charge in [-0.15, -0.1) is 0 Å². The van der Waals surface area contributed by atoms with Crippen LogP contribution < -0.4 is 26.4 Å². The lowest BCUT2D eigenvalue weighted by Gasteiger charge is -2.29. The quantitative estimate of drug-likeness (QED) is 0.0826. The first-order valence-corrected chi connectivity index (χ1v) is 15.8. The molecule has 46 heavy (non-hydrogen) atoms. The summed E-state index contributed by atoms with van der Waals surface area (Å²) < 4.78 is 5.91. The number of nitrogens with zero attached hydrogens (tertiary/aromatic N) is 1. The molecule has 1 fully saturated rings. The lowest BCUT2D eigenvalue weighted by atomic mass is 9.90. The summed E-state index contributed by atoms with van der Waals surface area (Å²) in [5, 5.41) is 16.9. The highest BCUT2D eigenvalue weighted by molar-refractivity contribution is 5.94. The lowest BCUT2D eigenvalue weighted by molar-refractivity contribution is -0.133. The number of amides is 2. The number of benzene rings is 4. The van der Waals surface area contributed by atoms with E-state index in [1.165, 1.54) is 0 Å². The van der Waals surface area contributed by atoms with Gasteiger partial charge in [0.1, 0.15) is 11.5 Å². The molecular formula is C37H42N6O3. The molecule has 0 bridgehead atoms. The molecule has 4 aromatic carbocycles. The van der Waals surface area contributed by atoms with Crippen molar-refractivity contribution in [2.45, 2.75) is 37.3 Å². The third-order valence-corrected chi connectivity index (χ3v) is 8.17. The van der Waals surface area contributed by atoms with Gasteiger partial charge in [0.15, 0.2) is 5.96 Å². The molecule has 5 rings (SSSR count). The van der Waals surface area contributed by atoms with Crippen LogP contribution in [0.2, 0.25) is 0 Å². The standard InChI is InChI=1S/C37H42N6O3/c38-37(39)40-22-11-20-34-36(45)43(26-33(27-12-4-1-5-13-27)28-14-6-2-7-15-28)23-21-30(42-34)25-41-35(44)29-16-10-19-32(24-29)46-31-17-8-3-9-18-31/h1-10,12-19,24,30,33-34,42H,11,20-23,25-26H2,(H,41,44)(H4,38,39,40)/t30-,34-/m0/s1. The molecule has 238 valence electrons. The van der Waals surface area contributed by atoms with Crippen molar-refractivity contribution in [1.29, 1.82) is 5.41 Å². The maximum Gasteiger partial charge on any atom is 0.251 e. The molecule has 4 aromatic rings. The van der Waals surface area contributed by atoms with Crippen LogP contribution in [-0.2, 0) is 4.79 Å². The molecule has 0 spiro atoms. The van der Waals surface area contributed by atoms with Gasteiger partial charge in [-0.3, -0.25) is 15.0 Å². The average molecular weight is 619 g/mol. The predicted octanol–water partition coefficient (Wildman–Crippen LogP) is 4.86. The number of nitrogens with one attached hydrogen (secondary N) is 4. The Kier molecular flexibility index (Phi) is 11.4. The Bertz CT molecular complexity index is 1530. The van der Waals surface area contributed by atoms with E-state index in [1.807, 2.05) is 77.7 Å². The molecule has 0 aliphatic carbocycles. The van der Waals surface area contributed by atoms with Gasteiger partial charge in [-0.05, 0) is 60.7 Å². The normalized spacial score (nSPS) is 16.5. The van der Waals surface area contributed by atoms with Crippen molar-refractivity contribution in [1.82, 2.24) is 20.9 Å². The summed E-state index contributed by atoms with van der Waals surface area (Å²) in [5.41, 5.74) is 8.28. The van der Waals surface area contributed by atoms with E-state index < -0.39 is 6.04 Å². The fourth-order valence-electron chi connectivity index (χ4n) is 5.80. The highest BCUT2D eigenvalue weighted by Gasteiger charge is 2.32. The zero-order valence-electron chi connectivity index (χ0n) is 25.9. The van der Waals surface area contributed by atoms with Crippen LogP contribution in [0.5, 0.6) is 11.5 Å². The molecule has 1 aliphatic heterocycles. The van der Waals surface area contributed by atoms with Crippen LogP contribution in [-0.4, -0.2) is 60.9 Å². The number of hydrogen-bond acceptors (Lipinski definition) is 5. The Morgan fingerprint density at radius 1 is 0.891 bits per heavy atom. The van der Waals surface area contributed by atoms with Gasteiger partial charge in [-0.25, -0.2) is 0 Å². The van der Waals surface area contributed by atoms with Gasteiger partial charge in [0.25, 0.3) is 5.91 Å².